The molecule has 1 aromatic heterocycles. The SMILES string of the molecule is COc1ccccc1-n1nccc1[C@H]1OCC[C@@H]1C(=O)N[C@H](C)CO. The maximum absolute atomic E-state index is 12.5. The van der Waals surface area contributed by atoms with Gasteiger partial charge in [0.05, 0.1) is 25.3 Å². The number of benzene rings is 1. The fourth-order valence-electron chi connectivity index (χ4n) is 3.08. The Morgan fingerprint density at radius 2 is 2.28 bits per heavy atom. The Labute approximate surface area is 146 Å². The lowest BCUT2D eigenvalue weighted by Crippen LogP contribution is -2.40. The number of para-hydroxylation sites is 2. The van der Waals surface area contributed by atoms with Gasteiger partial charge in [-0.1, -0.05) is 12.1 Å². The molecule has 3 rings (SSSR count). The van der Waals surface area contributed by atoms with Gasteiger partial charge in [0, 0.05) is 18.8 Å². The molecule has 2 aromatic rings. The minimum atomic E-state index is -0.390. The summed E-state index contributed by atoms with van der Waals surface area (Å²) in [5.74, 6) is 0.260. The number of amides is 1. The van der Waals surface area contributed by atoms with Crippen LogP contribution in [0.25, 0.3) is 5.69 Å². The van der Waals surface area contributed by atoms with Crippen LogP contribution in [0.4, 0.5) is 0 Å². The smallest absolute Gasteiger partial charge is 0.226 e. The average molecular weight is 345 g/mol. The molecule has 1 aliphatic heterocycles. The molecule has 0 radical (unpaired) electrons. The zero-order chi connectivity index (χ0) is 17.8. The first kappa shape index (κ1) is 17.4. The van der Waals surface area contributed by atoms with E-state index in [1.807, 2.05) is 30.3 Å². The second kappa shape index (κ2) is 7.67. The van der Waals surface area contributed by atoms with Crippen molar-refractivity contribution in [1.82, 2.24) is 15.1 Å². The summed E-state index contributed by atoms with van der Waals surface area (Å²) in [6.45, 7) is 2.18. The van der Waals surface area contributed by atoms with E-state index in [0.29, 0.717) is 18.8 Å². The highest BCUT2D eigenvalue weighted by Gasteiger charge is 2.37. The van der Waals surface area contributed by atoms with E-state index in [-0.39, 0.29) is 24.5 Å². The van der Waals surface area contributed by atoms with E-state index >= 15 is 0 Å². The van der Waals surface area contributed by atoms with Gasteiger partial charge in [0.2, 0.25) is 5.91 Å². The molecule has 0 aliphatic carbocycles. The maximum atomic E-state index is 12.5. The van der Waals surface area contributed by atoms with Gasteiger partial charge in [0.25, 0.3) is 0 Å². The van der Waals surface area contributed by atoms with Crippen molar-refractivity contribution < 1.29 is 19.4 Å². The van der Waals surface area contributed by atoms with E-state index in [9.17, 15) is 4.79 Å². The quantitative estimate of drug-likeness (QED) is 0.828. The van der Waals surface area contributed by atoms with E-state index in [4.69, 9.17) is 14.6 Å². The lowest BCUT2D eigenvalue weighted by Gasteiger charge is -2.21. The number of carbonyl (C=O) groups is 1. The van der Waals surface area contributed by atoms with Gasteiger partial charge in [-0.25, -0.2) is 4.68 Å². The molecule has 1 fully saturated rings. The Morgan fingerprint density at radius 3 is 3.04 bits per heavy atom. The first-order chi connectivity index (χ1) is 12.2. The summed E-state index contributed by atoms with van der Waals surface area (Å²) in [5, 5.41) is 16.4. The van der Waals surface area contributed by atoms with Crippen molar-refractivity contribution in [3.05, 3.63) is 42.2 Å². The molecule has 1 aliphatic rings. The molecule has 7 nitrogen and oxygen atoms in total. The Balaban J connectivity index is 1.90. The van der Waals surface area contributed by atoms with Crippen LogP contribution in [0, 0.1) is 5.92 Å². The van der Waals surface area contributed by atoms with Gasteiger partial charge >= 0.3 is 0 Å². The zero-order valence-corrected chi connectivity index (χ0v) is 14.4. The van der Waals surface area contributed by atoms with Gasteiger partial charge in [0.1, 0.15) is 17.5 Å². The van der Waals surface area contributed by atoms with Crippen LogP contribution >= 0.6 is 0 Å². The Bertz CT molecular complexity index is 731. The molecule has 3 atom stereocenters. The van der Waals surface area contributed by atoms with Crippen LogP contribution in [0.1, 0.15) is 25.1 Å². The van der Waals surface area contributed by atoms with Crippen LogP contribution in [0.2, 0.25) is 0 Å². The Morgan fingerprint density at radius 1 is 1.48 bits per heavy atom. The first-order valence-electron chi connectivity index (χ1n) is 8.36. The standard InChI is InChI=1S/C18H23N3O4/c1-12(11-22)20-18(23)13-8-10-25-17(13)15-7-9-19-21(15)14-5-3-4-6-16(14)24-2/h3-7,9,12-13,17,22H,8,10-11H2,1-2H3,(H,20,23)/t12-,13+,17+/m1/s1. The molecule has 0 unspecified atom stereocenters. The summed E-state index contributed by atoms with van der Waals surface area (Å²) >= 11 is 0. The lowest BCUT2D eigenvalue weighted by atomic mass is 9.97. The molecular weight excluding hydrogens is 322 g/mol. The molecule has 0 bridgehead atoms. The normalized spacial score (nSPS) is 21.1. The molecule has 7 heteroatoms. The van der Waals surface area contributed by atoms with Crippen molar-refractivity contribution >= 4 is 5.91 Å². The highest BCUT2D eigenvalue weighted by atomic mass is 16.5. The molecule has 134 valence electrons. The molecule has 1 aromatic carbocycles. The number of carbonyl (C=O) groups excluding carboxylic acids is 1. The number of aliphatic hydroxyl groups is 1. The Kier molecular flexibility index (Phi) is 5.35. The third kappa shape index (κ3) is 3.52. The van der Waals surface area contributed by atoms with Crippen molar-refractivity contribution in [2.45, 2.75) is 25.5 Å². The van der Waals surface area contributed by atoms with Crippen molar-refractivity contribution in [2.24, 2.45) is 5.92 Å². The van der Waals surface area contributed by atoms with Crippen molar-refractivity contribution in [1.29, 1.82) is 0 Å². The monoisotopic (exact) mass is 345 g/mol. The molecular formula is C18H23N3O4. The van der Waals surface area contributed by atoms with E-state index in [2.05, 4.69) is 10.4 Å². The van der Waals surface area contributed by atoms with Gasteiger partial charge in [-0.2, -0.15) is 5.10 Å². The third-order valence-corrected chi connectivity index (χ3v) is 4.37. The number of hydrogen-bond acceptors (Lipinski definition) is 5. The third-order valence-electron chi connectivity index (χ3n) is 4.37. The maximum Gasteiger partial charge on any atom is 0.226 e. The van der Waals surface area contributed by atoms with Crippen molar-refractivity contribution in [3.63, 3.8) is 0 Å². The fourth-order valence-corrected chi connectivity index (χ4v) is 3.08. The summed E-state index contributed by atoms with van der Waals surface area (Å²) in [6.07, 6.45) is 1.93. The predicted octanol–water partition coefficient (Wildman–Crippen LogP) is 1.46. The summed E-state index contributed by atoms with van der Waals surface area (Å²) < 4.78 is 13.0. The predicted molar refractivity (Wildman–Crippen MR) is 91.6 cm³/mol. The highest BCUT2D eigenvalue weighted by molar-refractivity contribution is 5.80. The van der Waals surface area contributed by atoms with Gasteiger partial charge in [0.15, 0.2) is 0 Å². The van der Waals surface area contributed by atoms with Gasteiger partial charge in [-0.05, 0) is 31.5 Å². The molecule has 0 spiro atoms. The lowest BCUT2D eigenvalue weighted by molar-refractivity contribution is -0.127. The molecule has 1 saturated heterocycles. The van der Waals surface area contributed by atoms with Crippen LogP contribution in [-0.4, -0.2) is 47.2 Å². The second-order valence-corrected chi connectivity index (χ2v) is 6.12. The molecule has 0 saturated carbocycles. The van der Waals surface area contributed by atoms with Crippen LogP contribution in [0.15, 0.2) is 36.5 Å². The van der Waals surface area contributed by atoms with Gasteiger partial charge < -0.3 is 19.9 Å². The minimum Gasteiger partial charge on any atom is -0.494 e. The molecule has 2 N–H and O–H groups in total. The summed E-state index contributed by atoms with van der Waals surface area (Å²) in [6, 6.07) is 9.15. The number of rotatable bonds is 6. The number of methoxy groups -OCH3 is 1. The zero-order valence-electron chi connectivity index (χ0n) is 14.4. The van der Waals surface area contributed by atoms with E-state index < -0.39 is 6.10 Å². The fraction of sp³-hybridized carbons (Fsp3) is 0.444. The summed E-state index contributed by atoms with van der Waals surface area (Å²) in [7, 11) is 1.61. The number of aliphatic hydroxyl groups excluding tert-OH is 1. The Hall–Kier alpha value is -2.38. The van der Waals surface area contributed by atoms with E-state index in [1.54, 1.807) is 24.9 Å². The molecule has 2 heterocycles. The number of aromatic nitrogens is 2. The van der Waals surface area contributed by atoms with Crippen LogP contribution in [-0.2, 0) is 9.53 Å². The number of ether oxygens (including phenoxy) is 2. The number of nitrogens with zero attached hydrogens (tertiary/aromatic N) is 2. The van der Waals surface area contributed by atoms with Crippen molar-refractivity contribution in [2.75, 3.05) is 20.3 Å². The summed E-state index contributed by atoms with van der Waals surface area (Å²) in [4.78, 5) is 12.5. The number of hydrogen-bond donors (Lipinski definition) is 2. The van der Waals surface area contributed by atoms with Crippen LogP contribution in [0.5, 0.6) is 5.75 Å². The van der Waals surface area contributed by atoms with Gasteiger partial charge in [-0.3, -0.25) is 4.79 Å². The van der Waals surface area contributed by atoms with E-state index in [0.717, 1.165) is 11.4 Å². The first-order valence-corrected chi connectivity index (χ1v) is 8.36. The van der Waals surface area contributed by atoms with E-state index in [1.165, 1.54) is 0 Å². The van der Waals surface area contributed by atoms with Gasteiger partial charge in [-0.15, -0.1) is 0 Å². The second-order valence-electron chi connectivity index (χ2n) is 6.12. The summed E-state index contributed by atoms with van der Waals surface area (Å²) in [5.41, 5.74) is 1.60. The van der Waals surface area contributed by atoms with Crippen LogP contribution in [0.3, 0.4) is 0 Å². The average Bonchev–Trinajstić information content (AvgIpc) is 3.30. The topological polar surface area (TPSA) is 85.6 Å². The molecule has 25 heavy (non-hydrogen) atoms. The number of nitrogens with one attached hydrogen (secondary N) is 1. The minimum absolute atomic E-state index is 0.0941. The van der Waals surface area contributed by atoms with Crippen LogP contribution < -0.4 is 10.1 Å². The molecule has 1 amide bonds. The largest absolute Gasteiger partial charge is 0.494 e. The highest BCUT2D eigenvalue weighted by Crippen LogP contribution is 2.36. The van der Waals surface area contributed by atoms with Crippen molar-refractivity contribution in [3.8, 4) is 11.4 Å².